The summed E-state index contributed by atoms with van der Waals surface area (Å²) in [5.41, 5.74) is 8.04. The van der Waals surface area contributed by atoms with Crippen LogP contribution in [-0.4, -0.2) is 34.5 Å². The number of hydrogen-bond acceptors (Lipinski definition) is 3. The van der Waals surface area contributed by atoms with E-state index in [-0.39, 0.29) is 5.91 Å². The Morgan fingerprint density at radius 3 is 2.79 bits per heavy atom. The molecular formula is C14H18N4O. The van der Waals surface area contributed by atoms with Crippen molar-refractivity contribution in [2.45, 2.75) is 13.3 Å². The molecule has 0 atom stereocenters. The van der Waals surface area contributed by atoms with Gasteiger partial charge in [-0.05, 0) is 18.2 Å². The maximum Gasteiger partial charge on any atom is 0.253 e. The molecule has 1 aromatic carbocycles. The summed E-state index contributed by atoms with van der Waals surface area (Å²) >= 11 is 0. The number of nitrogens with zero attached hydrogens (tertiary/aromatic N) is 3. The van der Waals surface area contributed by atoms with E-state index >= 15 is 0 Å². The Balaban J connectivity index is 2.52. The lowest BCUT2D eigenvalue weighted by molar-refractivity contribution is 0.0827. The number of hydrogen-bond donors (Lipinski definition) is 1. The zero-order chi connectivity index (χ0) is 14.0. The number of aryl methyl sites for hydroxylation is 1. The third kappa shape index (κ3) is 2.45. The van der Waals surface area contributed by atoms with E-state index in [4.69, 9.17) is 5.73 Å². The first-order valence-electron chi connectivity index (χ1n) is 6.18. The fourth-order valence-corrected chi connectivity index (χ4v) is 1.96. The summed E-state index contributed by atoms with van der Waals surface area (Å²) in [4.78, 5) is 17.8. The van der Waals surface area contributed by atoms with Crippen LogP contribution in [0.25, 0.3) is 5.69 Å². The van der Waals surface area contributed by atoms with E-state index in [1.807, 2.05) is 17.7 Å². The van der Waals surface area contributed by atoms with Crippen LogP contribution in [0, 0.1) is 0 Å². The highest BCUT2D eigenvalue weighted by molar-refractivity contribution is 5.95. The first kappa shape index (κ1) is 13.1. The molecule has 0 aliphatic carbocycles. The van der Waals surface area contributed by atoms with Crippen LogP contribution in [0.4, 0.5) is 5.69 Å². The molecule has 2 N–H and O–H groups in total. The van der Waals surface area contributed by atoms with Crippen molar-refractivity contribution in [1.29, 1.82) is 0 Å². The molecule has 0 aliphatic rings. The molecule has 5 nitrogen and oxygen atoms in total. The molecule has 0 unspecified atom stereocenters. The molecule has 0 spiro atoms. The van der Waals surface area contributed by atoms with Gasteiger partial charge in [-0.15, -0.1) is 0 Å². The van der Waals surface area contributed by atoms with E-state index < -0.39 is 0 Å². The van der Waals surface area contributed by atoms with Gasteiger partial charge in [0.25, 0.3) is 5.91 Å². The van der Waals surface area contributed by atoms with Gasteiger partial charge in [0.15, 0.2) is 0 Å². The molecule has 0 saturated carbocycles. The molecule has 1 aromatic heterocycles. The molecular weight excluding hydrogens is 240 g/mol. The summed E-state index contributed by atoms with van der Waals surface area (Å²) in [6.45, 7) is 2.03. The van der Waals surface area contributed by atoms with Crippen LogP contribution in [0.1, 0.15) is 23.1 Å². The molecule has 19 heavy (non-hydrogen) atoms. The summed E-state index contributed by atoms with van der Waals surface area (Å²) in [6.07, 6.45) is 4.39. The Morgan fingerprint density at radius 1 is 1.42 bits per heavy atom. The van der Waals surface area contributed by atoms with Crippen LogP contribution >= 0.6 is 0 Å². The van der Waals surface area contributed by atoms with Gasteiger partial charge in [0.2, 0.25) is 0 Å². The number of imidazole rings is 1. The number of nitrogen functional groups attached to an aromatic ring is 1. The van der Waals surface area contributed by atoms with Gasteiger partial charge in [-0.1, -0.05) is 6.92 Å². The topological polar surface area (TPSA) is 64.2 Å². The van der Waals surface area contributed by atoms with Crippen molar-refractivity contribution in [3.8, 4) is 5.69 Å². The Bertz CT molecular complexity index is 601. The van der Waals surface area contributed by atoms with Crippen LogP contribution < -0.4 is 5.73 Å². The predicted octanol–water partition coefficient (Wildman–Crippen LogP) is 1.72. The molecule has 0 fully saturated rings. The van der Waals surface area contributed by atoms with Gasteiger partial charge in [-0.25, -0.2) is 4.98 Å². The van der Waals surface area contributed by atoms with E-state index in [0.717, 1.165) is 17.9 Å². The molecule has 5 heteroatoms. The average Bonchev–Trinajstić information content (AvgIpc) is 2.86. The first-order valence-corrected chi connectivity index (χ1v) is 6.18. The molecule has 0 radical (unpaired) electrons. The summed E-state index contributed by atoms with van der Waals surface area (Å²) in [6, 6.07) is 5.30. The van der Waals surface area contributed by atoms with Gasteiger partial charge in [0, 0.05) is 38.5 Å². The number of carbonyl (C=O) groups is 1. The zero-order valence-corrected chi connectivity index (χ0v) is 11.4. The second kappa shape index (κ2) is 5.14. The maximum atomic E-state index is 12.0. The van der Waals surface area contributed by atoms with Gasteiger partial charge >= 0.3 is 0 Å². The van der Waals surface area contributed by atoms with E-state index in [2.05, 4.69) is 4.98 Å². The van der Waals surface area contributed by atoms with Gasteiger partial charge in [0.1, 0.15) is 5.82 Å². The third-order valence-corrected chi connectivity index (χ3v) is 2.98. The van der Waals surface area contributed by atoms with Crippen LogP contribution in [0.2, 0.25) is 0 Å². The Morgan fingerprint density at radius 2 is 2.16 bits per heavy atom. The summed E-state index contributed by atoms with van der Waals surface area (Å²) in [5, 5.41) is 0. The fourth-order valence-electron chi connectivity index (χ4n) is 1.96. The lowest BCUT2D eigenvalue weighted by Gasteiger charge is -2.14. The number of amides is 1. The van der Waals surface area contributed by atoms with Crippen LogP contribution in [0.5, 0.6) is 0 Å². The lowest BCUT2D eigenvalue weighted by atomic mass is 10.1. The average molecular weight is 258 g/mol. The Kier molecular flexibility index (Phi) is 3.55. The highest BCUT2D eigenvalue weighted by Crippen LogP contribution is 2.21. The highest BCUT2D eigenvalue weighted by Gasteiger charge is 2.12. The SMILES string of the molecule is CCc1nccn1-c1cc(C(=O)N(C)C)ccc1N. The number of rotatable bonds is 3. The number of anilines is 1. The molecule has 2 aromatic rings. The quantitative estimate of drug-likeness (QED) is 0.852. The normalized spacial score (nSPS) is 10.5. The zero-order valence-electron chi connectivity index (χ0n) is 11.4. The van der Waals surface area contributed by atoms with Crippen molar-refractivity contribution in [2.24, 2.45) is 0 Å². The van der Waals surface area contributed by atoms with Gasteiger partial charge in [-0.3, -0.25) is 4.79 Å². The van der Waals surface area contributed by atoms with Crippen molar-refractivity contribution < 1.29 is 4.79 Å². The van der Waals surface area contributed by atoms with Crippen molar-refractivity contribution in [3.05, 3.63) is 42.0 Å². The largest absolute Gasteiger partial charge is 0.397 e. The molecule has 1 heterocycles. The number of benzene rings is 1. The summed E-state index contributed by atoms with van der Waals surface area (Å²) in [5.74, 6) is 0.876. The van der Waals surface area contributed by atoms with Gasteiger partial charge in [-0.2, -0.15) is 0 Å². The van der Waals surface area contributed by atoms with Gasteiger partial charge < -0.3 is 15.2 Å². The van der Waals surface area contributed by atoms with Crippen LogP contribution in [-0.2, 0) is 6.42 Å². The smallest absolute Gasteiger partial charge is 0.253 e. The minimum absolute atomic E-state index is 0.0422. The Hall–Kier alpha value is -2.30. The monoisotopic (exact) mass is 258 g/mol. The number of aromatic nitrogens is 2. The molecule has 1 amide bonds. The van der Waals surface area contributed by atoms with E-state index in [0.29, 0.717) is 11.3 Å². The number of nitrogens with two attached hydrogens (primary N) is 1. The lowest BCUT2D eigenvalue weighted by Crippen LogP contribution is -2.22. The first-order chi connectivity index (χ1) is 9.04. The maximum absolute atomic E-state index is 12.0. The molecule has 0 aliphatic heterocycles. The molecule has 0 bridgehead atoms. The van der Waals surface area contributed by atoms with E-state index in [1.165, 1.54) is 0 Å². The highest BCUT2D eigenvalue weighted by atomic mass is 16.2. The van der Waals surface area contributed by atoms with Crippen molar-refractivity contribution in [3.63, 3.8) is 0 Å². The predicted molar refractivity (Wildman–Crippen MR) is 75.4 cm³/mol. The van der Waals surface area contributed by atoms with E-state index in [1.54, 1.807) is 43.4 Å². The molecule has 2 rings (SSSR count). The summed E-state index contributed by atoms with van der Waals surface area (Å²) in [7, 11) is 3.46. The minimum Gasteiger partial charge on any atom is -0.397 e. The molecule has 0 saturated heterocycles. The molecule has 100 valence electrons. The summed E-state index contributed by atoms with van der Waals surface area (Å²) < 4.78 is 1.92. The second-order valence-corrected chi connectivity index (χ2v) is 4.54. The van der Waals surface area contributed by atoms with Crippen LogP contribution in [0.15, 0.2) is 30.6 Å². The van der Waals surface area contributed by atoms with Crippen molar-refractivity contribution >= 4 is 11.6 Å². The standard InChI is InChI=1S/C14H18N4O/c1-4-13-16-7-8-18(13)12-9-10(5-6-11(12)15)14(19)17(2)3/h5-9H,4,15H2,1-3H3. The fraction of sp³-hybridized carbons (Fsp3) is 0.286. The van der Waals surface area contributed by atoms with Crippen molar-refractivity contribution in [1.82, 2.24) is 14.5 Å². The third-order valence-electron chi connectivity index (χ3n) is 2.98. The Labute approximate surface area is 112 Å². The van der Waals surface area contributed by atoms with Crippen LogP contribution in [0.3, 0.4) is 0 Å². The van der Waals surface area contributed by atoms with E-state index in [9.17, 15) is 4.79 Å². The second-order valence-electron chi connectivity index (χ2n) is 4.54. The van der Waals surface area contributed by atoms with Gasteiger partial charge in [0.05, 0.1) is 11.4 Å². The van der Waals surface area contributed by atoms with Crippen molar-refractivity contribution in [2.75, 3.05) is 19.8 Å². The minimum atomic E-state index is -0.0422. The number of carbonyl (C=O) groups excluding carboxylic acids is 1.